The summed E-state index contributed by atoms with van der Waals surface area (Å²) in [6, 6.07) is 4.75. The SMILES string of the molecule is CCCS(=O)(=O)N1CCCC1C(=O)NCCNc1ncccc1C#N. The minimum Gasteiger partial charge on any atom is -0.367 e. The van der Waals surface area contributed by atoms with E-state index in [1.807, 2.05) is 13.0 Å². The Kier molecular flexibility index (Phi) is 6.73. The molecule has 2 heterocycles. The van der Waals surface area contributed by atoms with E-state index in [-0.39, 0.29) is 11.7 Å². The molecule has 25 heavy (non-hydrogen) atoms. The number of amides is 1. The molecule has 1 aliphatic rings. The van der Waals surface area contributed by atoms with Crippen molar-refractivity contribution in [3.8, 4) is 6.07 Å². The largest absolute Gasteiger partial charge is 0.367 e. The van der Waals surface area contributed by atoms with Crippen molar-refractivity contribution in [1.82, 2.24) is 14.6 Å². The maximum Gasteiger partial charge on any atom is 0.238 e. The molecule has 9 heteroatoms. The fraction of sp³-hybridized carbons (Fsp3) is 0.562. The van der Waals surface area contributed by atoms with Crippen LogP contribution in [0.2, 0.25) is 0 Å². The summed E-state index contributed by atoms with van der Waals surface area (Å²) in [5.74, 6) is 0.252. The number of carbonyl (C=O) groups excluding carboxylic acids is 1. The number of nitriles is 1. The molecule has 1 atom stereocenters. The predicted molar refractivity (Wildman–Crippen MR) is 94.3 cm³/mol. The van der Waals surface area contributed by atoms with E-state index in [0.717, 1.165) is 0 Å². The molecule has 136 valence electrons. The van der Waals surface area contributed by atoms with Gasteiger partial charge in [-0.2, -0.15) is 9.57 Å². The van der Waals surface area contributed by atoms with E-state index in [9.17, 15) is 13.2 Å². The minimum atomic E-state index is -3.38. The number of anilines is 1. The van der Waals surface area contributed by atoms with Crippen LogP contribution in [0.1, 0.15) is 31.7 Å². The molecule has 1 amide bonds. The van der Waals surface area contributed by atoms with Crippen molar-refractivity contribution < 1.29 is 13.2 Å². The first-order chi connectivity index (χ1) is 12.0. The maximum absolute atomic E-state index is 12.3. The summed E-state index contributed by atoms with van der Waals surface area (Å²) in [5.41, 5.74) is 0.432. The third-order valence-electron chi connectivity index (χ3n) is 3.97. The number of rotatable bonds is 8. The number of carbonyl (C=O) groups is 1. The summed E-state index contributed by atoms with van der Waals surface area (Å²) < 4.78 is 25.8. The average molecular weight is 365 g/mol. The van der Waals surface area contributed by atoms with Gasteiger partial charge in [-0.15, -0.1) is 0 Å². The van der Waals surface area contributed by atoms with Gasteiger partial charge < -0.3 is 10.6 Å². The van der Waals surface area contributed by atoms with E-state index in [0.29, 0.717) is 50.3 Å². The van der Waals surface area contributed by atoms with Crippen LogP contribution in [-0.4, -0.2) is 55.0 Å². The number of aromatic nitrogens is 1. The summed E-state index contributed by atoms with van der Waals surface area (Å²) >= 11 is 0. The van der Waals surface area contributed by atoms with E-state index < -0.39 is 16.1 Å². The molecule has 2 rings (SSSR count). The van der Waals surface area contributed by atoms with Crippen LogP contribution in [0.4, 0.5) is 5.82 Å². The Morgan fingerprint density at radius 1 is 1.48 bits per heavy atom. The van der Waals surface area contributed by atoms with Crippen molar-refractivity contribution >= 4 is 21.7 Å². The Balaban J connectivity index is 1.85. The molecule has 8 nitrogen and oxygen atoms in total. The first kappa shape index (κ1) is 19.1. The first-order valence-corrected chi connectivity index (χ1v) is 9.96. The van der Waals surface area contributed by atoms with E-state index in [4.69, 9.17) is 5.26 Å². The van der Waals surface area contributed by atoms with Gasteiger partial charge in [0.15, 0.2) is 0 Å². The smallest absolute Gasteiger partial charge is 0.238 e. The molecule has 1 aromatic rings. The Morgan fingerprint density at radius 3 is 3.00 bits per heavy atom. The highest BCUT2D eigenvalue weighted by molar-refractivity contribution is 7.89. The van der Waals surface area contributed by atoms with Crippen LogP contribution in [0, 0.1) is 11.3 Å². The Morgan fingerprint density at radius 2 is 2.28 bits per heavy atom. The third kappa shape index (κ3) is 4.90. The van der Waals surface area contributed by atoms with Gasteiger partial charge in [0.05, 0.1) is 11.3 Å². The van der Waals surface area contributed by atoms with Gasteiger partial charge in [0, 0.05) is 25.8 Å². The van der Waals surface area contributed by atoms with E-state index in [1.165, 1.54) is 4.31 Å². The van der Waals surface area contributed by atoms with Crippen molar-refractivity contribution in [2.75, 3.05) is 30.7 Å². The Hall–Kier alpha value is -2.18. The molecule has 0 aliphatic carbocycles. The number of sulfonamides is 1. The van der Waals surface area contributed by atoms with E-state index in [2.05, 4.69) is 15.6 Å². The lowest BCUT2D eigenvalue weighted by atomic mass is 10.2. The maximum atomic E-state index is 12.3. The van der Waals surface area contributed by atoms with Crippen LogP contribution in [-0.2, 0) is 14.8 Å². The van der Waals surface area contributed by atoms with Crippen LogP contribution in [0.15, 0.2) is 18.3 Å². The quantitative estimate of drug-likeness (QED) is 0.655. The number of pyridine rings is 1. The molecule has 1 fully saturated rings. The average Bonchev–Trinajstić information content (AvgIpc) is 3.09. The number of hydrogen-bond donors (Lipinski definition) is 2. The van der Waals surface area contributed by atoms with Crippen LogP contribution in [0.5, 0.6) is 0 Å². The lowest BCUT2D eigenvalue weighted by Gasteiger charge is -2.23. The second-order valence-electron chi connectivity index (χ2n) is 5.81. The Labute approximate surface area is 148 Å². The molecule has 1 aliphatic heterocycles. The monoisotopic (exact) mass is 365 g/mol. The van der Waals surface area contributed by atoms with Crippen molar-refractivity contribution in [2.45, 2.75) is 32.2 Å². The van der Waals surface area contributed by atoms with E-state index in [1.54, 1.807) is 18.3 Å². The van der Waals surface area contributed by atoms with Gasteiger partial charge in [0.25, 0.3) is 0 Å². The molecule has 0 radical (unpaired) electrons. The van der Waals surface area contributed by atoms with Gasteiger partial charge in [-0.3, -0.25) is 4.79 Å². The molecule has 1 unspecified atom stereocenters. The standard InChI is InChI=1S/C16H23N5O3S/c1-2-11-25(23,24)21-10-4-6-14(21)16(22)20-9-8-19-15-13(12-17)5-3-7-18-15/h3,5,7,14H,2,4,6,8-11H2,1H3,(H,18,19)(H,20,22). The first-order valence-electron chi connectivity index (χ1n) is 8.36. The number of hydrogen-bond acceptors (Lipinski definition) is 6. The zero-order valence-corrected chi connectivity index (χ0v) is 15.1. The van der Waals surface area contributed by atoms with Crippen LogP contribution in [0.3, 0.4) is 0 Å². The fourth-order valence-electron chi connectivity index (χ4n) is 2.83. The fourth-order valence-corrected chi connectivity index (χ4v) is 4.58. The van der Waals surface area contributed by atoms with Crippen molar-refractivity contribution in [2.24, 2.45) is 0 Å². The lowest BCUT2D eigenvalue weighted by Crippen LogP contribution is -2.47. The number of nitrogens with one attached hydrogen (secondary N) is 2. The zero-order chi connectivity index (χ0) is 18.3. The van der Waals surface area contributed by atoms with Crippen LogP contribution >= 0.6 is 0 Å². The summed E-state index contributed by atoms with van der Waals surface area (Å²) in [7, 11) is -3.38. The van der Waals surface area contributed by atoms with Crippen molar-refractivity contribution in [3.63, 3.8) is 0 Å². The van der Waals surface area contributed by atoms with Crippen LogP contribution < -0.4 is 10.6 Å². The van der Waals surface area contributed by atoms with Gasteiger partial charge >= 0.3 is 0 Å². The van der Waals surface area contributed by atoms with Gasteiger partial charge in [-0.25, -0.2) is 13.4 Å². The molecule has 0 spiro atoms. The van der Waals surface area contributed by atoms with E-state index >= 15 is 0 Å². The minimum absolute atomic E-state index is 0.0644. The van der Waals surface area contributed by atoms with Gasteiger partial charge in [-0.1, -0.05) is 6.92 Å². The molecular formula is C16H23N5O3S. The highest BCUT2D eigenvalue weighted by Gasteiger charge is 2.37. The topological polar surface area (TPSA) is 115 Å². The van der Waals surface area contributed by atoms with Crippen molar-refractivity contribution in [3.05, 3.63) is 23.9 Å². The highest BCUT2D eigenvalue weighted by Crippen LogP contribution is 2.22. The second-order valence-corrected chi connectivity index (χ2v) is 7.86. The second kappa shape index (κ2) is 8.78. The third-order valence-corrected chi connectivity index (χ3v) is 6.05. The summed E-state index contributed by atoms with van der Waals surface area (Å²) in [5, 5.41) is 14.7. The number of nitrogens with zero attached hydrogens (tertiary/aromatic N) is 3. The van der Waals surface area contributed by atoms with Crippen LogP contribution in [0.25, 0.3) is 0 Å². The Bertz CT molecular complexity index is 744. The van der Waals surface area contributed by atoms with Crippen molar-refractivity contribution in [1.29, 1.82) is 5.26 Å². The zero-order valence-electron chi connectivity index (χ0n) is 14.2. The molecule has 0 aromatic carbocycles. The predicted octanol–water partition coefficient (Wildman–Crippen LogP) is 0.686. The molecule has 0 saturated carbocycles. The van der Waals surface area contributed by atoms with Gasteiger partial charge in [0.2, 0.25) is 15.9 Å². The van der Waals surface area contributed by atoms with Gasteiger partial charge in [0.1, 0.15) is 17.9 Å². The lowest BCUT2D eigenvalue weighted by molar-refractivity contribution is -0.124. The molecule has 2 N–H and O–H groups in total. The molecule has 0 bridgehead atoms. The summed E-state index contributed by atoms with van der Waals surface area (Å²) in [6.07, 6.45) is 3.35. The molecular weight excluding hydrogens is 342 g/mol. The highest BCUT2D eigenvalue weighted by atomic mass is 32.2. The normalized spacial score (nSPS) is 17.8. The summed E-state index contributed by atoms with van der Waals surface area (Å²) in [6.45, 7) is 2.92. The molecule has 1 aromatic heterocycles. The molecule has 1 saturated heterocycles. The summed E-state index contributed by atoms with van der Waals surface area (Å²) in [4.78, 5) is 16.4. The van der Waals surface area contributed by atoms with Gasteiger partial charge in [-0.05, 0) is 31.4 Å².